The molecule has 1 aliphatic rings. The predicted molar refractivity (Wildman–Crippen MR) is 97.1 cm³/mol. The normalized spacial score (nSPS) is 15.7. The molecule has 3 rings (SSSR count). The second-order valence-corrected chi connectivity index (χ2v) is 7.02. The summed E-state index contributed by atoms with van der Waals surface area (Å²) in [4.78, 5) is 11.4. The van der Waals surface area contributed by atoms with Crippen LogP contribution < -0.4 is 10.2 Å². The van der Waals surface area contributed by atoms with E-state index in [1.165, 1.54) is 12.8 Å². The maximum atomic E-state index is 6.04. The highest BCUT2D eigenvalue weighted by atomic mass is 35.5. The van der Waals surface area contributed by atoms with Crippen LogP contribution in [-0.4, -0.2) is 23.1 Å². The maximum Gasteiger partial charge on any atom is 0.229 e. The monoisotopic (exact) mass is 350 g/mol. The number of nitrogens with one attached hydrogen (secondary N) is 1. The summed E-state index contributed by atoms with van der Waals surface area (Å²) in [6.07, 6.45) is 2.41. The lowest BCUT2D eigenvalue weighted by atomic mass is 9.99. The second kappa shape index (κ2) is 6.93. The van der Waals surface area contributed by atoms with Gasteiger partial charge in [-0.3, -0.25) is 0 Å². The summed E-state index contributed by atoms with van der Waals surface area (Å²) in [6, 6.07) is 7.35. The highest BCUT2D eigenvalue weighted by molar-refractivity contribution is 6.35. The summed E-state index contributed by atoms with van der Waals surface area (Å²) in [5, 5.41) is 4.36. The molecule has 6 heteroatoms. The molecule has 2 aromatic rings. The first-order chi connectivity index (χ1) is 11.0. The summed E-state index contributed by atoms with van der Waals surface area (Å²) in [7, 11) is 0. The number of halogens is 2. The van der Waals surface area contributed by atoms with Gasteiger partial charge in [0.1, 0.15) is 5.82 Å². The highest BCUT2D eigenvalue weighted by Gasteiger charge is 2.18. The van der Waals surface area contributed by atoms with Gasteiger partial charge in [0.2, 0.25) is 5.95 Å². The van der Waals surface area contributed by atoms with Crippen molar-refractivity contribution >= 4 is 40.7 Å². The summed E-state index contributed by atoms with van der Waals surface area (Å²) in [5.41, 5.74) is 1.72. The van der Waals surface area contributed by atoms with Gasteiger partial charge in [0.25, 0.3) is 0 Å². The van der Waals surface area contributed by atoms with Gasteiger partial charge in [0.15, 0.2) is 0 Å². The molecule has 1 N–H and O–H groups in total. The Kier molecular flexibility index (Phi) is 4.93. The van der Waals surface area contributed by atoms with E-state index in [0.29, 0.717) is 16.0 Å². The summed E-state index contributed by atoms with van der Waals surface area (Å²) >= 11 is 12.1. The number of rotatable bonds is 3. The average Bonchev–Trinajstić information content (AvgIpc) is 2.46. The molecule has 1 aromatic heterocycles. The Hall–Kier alpha value is -1.52. The maximum absolute atomic E-state index is 6.04. The number of hydrogen-bond donors (Lipinski definition) is 1. The minimum absolute atomic E-state index is 0.567. The standard InChI is InChI=1S/C17H20Cl2N4/c1-11-3-5-23(6-4-11)16-7-12(2)20-17(22-16)21-15-9-13(18)8-14(19)10-15/h7-11H,3-6H2,1-2H3,(H,20,21,22). The van der Waals surface area contributed by atoms with Crippen LogP contribution in [0.15, 0.2) is 24.3 Å². The van der Waals surface area contributed by atoms with Gasteiger partial charge >= 0.3 is 0 Å². The zero-order valence-electron chi connectivity index (χ0n) is 13.3. The molecule has 1 saturated heterocycles. The van der Waals surface area contributed by atoms with Crippen molar-refractivity contribution in [2.24, 2.45) is 5.92 Å². The van der Waals surface area contributed by atoms with Crippen LogP contribution in [0.5, 0.6) is 0 Å². The molecule has 0 saturated carbocycles. The van der Waals surface area contributed by atoms with Crippen LogP contribution in [0.3, 0.4) is 0 Å². The number of aryl methyl sites for hydroxylation is 1. The highest BCUT2D eigenvalue weighted by Crippen LogP contribution is 2.26. The first-order valence-electron chi connectivity index (χ1n) is 7.83. The fourth-order valence-corrected chi connectivity index (χ4v) is 3.29. The molecule has 0 aliphatic carbocycles. The molecular weight excluding hydrogens is 331 g/mol. The molecule has 2 heterocycles. The molecule has 0 bridgehead atoms. The van der Waals surface area contributed by atoms with E-state index in [-0.39, 0.29) is 0 Å². The average molecular weight is 351 g/mol. The Labute approximate surface area is 146 Å². The van der Waals surface area contributed by atoms with Crippen molar-refractivity contribution in [2.75, 3.05) is 23.3 Å². The minimum Gasteiger partial charge on any atom is -0.356 e. The van der Waals surface area contributed by atoms with Crippen molar-refractivity contribution in [3.63, 3.8) is 0 Å². The van der Waals surface area contributed by atoms with Crippen LogP contribution in [0, 0.1) is 12.8 Å². The van der Waals surface area contributed by atoms with Crippen LogP contribution in [-0.2, 0) is 0 Å². The van der Waals surface area contributed by atoms with E-state index in [4.69, 9.17) is 23.2 Å². The molecule has 23 heavy (non-hydrogen) atoms. The third-order valence-electron chi connectivity index (χ3n) is 4.07. The van der Waals surface area contributed by atoms with Crippen LogP contribution in [0.25, 0.3) is 0 Å². The molecule has 1 aromatic carbocycles. The lowest BCUT2D eigenvalue weighted by Crippen LogP contribution is -2.33. The largest absolute Gasteiger partial charge is 0.356 e. The number of piperidine rings is 1. The molecule has 0 unspecified atom stereocenters. The molecule has 0 spiro atoms. The predicted octanol–water partition coefficient (Wildman–Crippen LogP) is 5.07. The first-order valence-corrected chi connectivity index (χ1v) is 8.59. The topological polar surface area (TPSA) is 41.1 Å². The number of hydrogen-bond acceptors (Lipinski definition) is 4. The lowest BCUT2D eigenvalue weighted by molar-refractivity contribution is 0.436. The number of aromatic nitrogens is 2. The fraction of sp³-hybridized carbons (Fsp3) is 0.412. The van der Waals surface area contributed by atoms with Gasteiger partial charge in [-0.15, -0.1) is 0 Å². The SMILES string of the molecule is Cc1cc(N2CCC(C)CC2)nc(Nc2cc(Cl)cc(Cl)c2)n1. The van der Waals surface area contributed by atoms with Crippen molar-refractivity contribution in [1.29, 1.82) is 0 Å². The summed E-state index contributed by atoms with van der Waals surface area (Å²) in [5.74, 6) is 2.33. The molecule has 0 atom stereocenters. The van der Waals surface area contributed by atoms with E-state index >= 15 is 0 Å². The van der Waals surface area contributed by atoms with E-state index in [9.17, 15) is 0 Å². The van der Waals surface area contributed by atoms with Gasteiger partial charge < -0.3 is 10.2 Å². The zero-order valence-corrected chi connectivity index (χ0v) is 14.8. The third-order valence-corrected chi connectivity index (χ3v) is 4.50. The zero-order chi connectivity index (χ0) is 16.4. The Morgan fingerprint density at radius 3 is 2.35 bits per heavy atom. The molecular formula is C17H20Cl2N4. The number of anilines is 3. The smallest absolute Gasteiger partial charge is 0.229 e. The molecule has 122 valence electrons. The minimum atomic E-state index is 0.567. The fourth-order valence-electron chi connectivity index (χ4n) is 2.76. The van der Waals surface area contributed by atoms with E-state index in [0.717, 1.165) is 36.2 Å². The van der Waals surface area contributed by atoms with E-state index in [2.05, 4.69) is 27.1 Å². The molecule has 1 aliphatic heterocycles. The molecule has 4 nitrogen and oxygen atoms in total. The Balaban J connectivity index is 1.82. The Morgan fingerprint density at radius 2 is 1.70 bits per heavy atom. The van der Waals surface area contributed by atoms with Crippen LogP contribution in [0.4, 0.5) is 17.5 Å². The van der Waals surface area contributed by atoms with Gasteiger partial charge in [-0.25, -0.2) is 4.98 Å². The first kappa shape index (κ1) is 16.3. The van der Waals surface area contributed by atoms with Crippen molar-refractivity contribution in [1.82, 2.24) is 9.97 Å². The second-order valence-electron chi connectivity index (χ2n) is 6.14. The van der Waals surface area contributed by atoms with Crippen LogP contribution >= 0.6 is 23.2 Å². The number of nitrogens with zero attached hydrogens (tertiary/aromatic N) is 3. The van der Waals surface area contributed by atoms with Crippen LogP contribution in [0.2, 0.25) is 10.0 Å². The number of benzene rings is 1. The Morgan fingerprint density at radius 1 is 1.04 bits per heavy atom. The van der Waals surface area contributed by atoms with E-state index < -0.39 is 0 Å². The van der Waals surface area contributed by atoms with Crippen molar-refractivity contribution in [2.45, 2.75) is 26.7 Å². The summed E-state index contributed by atoms with van der Waals surface area (Å²) in [6.45, 7) is 6.37. The van der Waals surface area contributed by atoms with E-state index in [1.54, 1.807) is 18.2 Å². The van der Waals surface area contributed by atoms with Gasteiger partial charge in [0.05, 0.1) is 0 Å². The lowest BCUT2D eigenvalue weighted by Gasteiger charge is -2.31. The summed E-state index contributed by atoms with van der Waals surface area (Å²) < 4.78 is 0. The van der Waals surface area contributed by atoms with Gasteiger partial charge in [-0.05, 0) is 43.9 Å². The molecule has 1 fully saturated rings. The van der Waals surface area contributed by atoms with Crippen molar-refractivity contribution in [3.8, 4) is 0 Å². The van der Waals surface area contributed by atoms with Gasteiger partial charge in [-0.2, -0.15) is 4.98 Å². The Bertz CT molecular complexity index is 677. The third kappa shape index (κ3) is 4.27. The van der Waals surface area contributed by atoms with E-state index in [1.807, 2.05) is 13.0 Å². The van der Waals surface area contributed by atoms with Crippen molar-refractivity contribution < 1.29 is 0 Å². The quantitative estimate of drug-likeness (QED) is 0.838. The van der Waals surface area contributed by atoms with Crippen molar-refractivity contribution in [3.05, 3.63) is 40.0 Å². The van der Waals surface area contributed by atoms with Gasteiger partial charge in [0, 0.05) is 40.6 Å². The van der Waals surface area contributed by atoms with Gasteiger partial charge in [-0.1, -0.05) is 30.1 Å². The molecule has 0 radical (unpaired) electrons. The van der Waals surface area contributed by atoms with Crippen LogP contribution in [0.1, 0.15) is 25.5 Å². The molecule has 0 amide bonds.